The molecule has 0 aromatic heterocycles. The molecule has 1 saturated heterocycles. The van der Waals surface area contributed by atoms with Crippen LogP contribution in [0.1, 0.15) is 31.7 Å². The lowest BCUT2D eigenvalue weighted by atomic mass is 10.00. The van der Waals surface area contributed by atoms with Gasteiger partial charge in [0.25, 0.3) is 0 Å². The largest absolute Gasteiger partial charge is 0.335 e. The normalized spacial score (nSPS) is 25.7. The van der Waals surface area contributed by atoms with Crippen molar-refractivity contribution in [1.29, 1.82) is 0 Å². The van der Waals surface area contributed by atoms with Gasteiger partial charge in [-0.1, -0.05) is 23.7 Å². The summed E-state index contributed by atoms with van der Waals surface area (Å²) in [6.45, 7) is 3.78. The predicted octanol–water partition coefficient (Wildman–Crippen LogP) is 2.83. The fraction of sp³-hybridized carbons (Fsp3) is 0.562. The summed E-state index contributed by atoms with van der Waals surface area (Å²) in [4.78, 5) is 14.8. The van der Waals surface area contributed by atoms with Crippen LogP contribution in [0.3, 0.4) is 0 Å². The number of carbonyl (C=O) groups excluding carboxylic acids is 1. The minimum atomic E-state index is 0.142. The summed E-state index contributed by atoms with van der Waals surface area (Å²) in [6.07, 6.45) is 3.26. The maximum absolute atomic E-state index is 12.8. The van der Waals surface area contributed by atoms with Gasteiger partial charge in [-0.3, -0.25) is 4.79 Å². The molecule has 1 aromatic rings. The average Bonchev–Trinajstić information content (AvgIpc) is 3.19. The van der Waals surface area contributed by atoms with Crippen LogP contribution in [-0.4, -0.2) is 29.4 Å². The summed E-state index contributed by atoms with van der Waals surface area (Å²) in [5.41, 5.74) is 1.16. The lowest BCUT2D eigenvalue weighted by Crippen LogP contribution is -2.41. The van der Waals surface area contributed by atoms with E-state index in [4.69, 9.17) is 11.6 Å². The molecule has 2 unspecified atom stereocenters. The molecular formula is C16H21ClN2O. The Bertz CT molecular complexity index is 484. The van der Waals surface area contributed by atoms with Crippen molar-refractivity contribution in [2.75, 3.05) is 6.54 Å². The highest BCUT2D eigenvalue weighted by molar-refractivity contribution is 6.30. The highest BCUT2D eigenvalue weighted by Gasteiger charge is 2.39. The third-order valence-corrected chi connectivity index (χ3v) is 4.63. The van der Waals surface area contributed by atoms with Gasteiger partial charge in [-0.25, -0.2) is 0 Å². The first-order valence-corrected chi connectivity index (χ1v) is 7.81. The van der Waals surface area contributed by atoms with Crippen molar-refractivity contribution >= 4 is 17.5 Å². The van der Waals surface area contributed by atoms with Gasteiger partial charge in [0, 0.05) is 23.7 Å². The molecule has 0 bridgehead atoms. The van der Waals surface area contributed by atoms with Crippen molar-refractivity contribution < 1.29 is 4.79 Å². The highest BCUT2D eigenvalue weighted by Crippen LogP contribution is 2.31. The molecule has 1 amide bonds. The number of hydrogen-bond acceptors (Lipinski definition) is 2. The van der Waals surface area contributed by atoms with E-state index in [0.29, 0.717) is 24.5 Å². The first kappa shape index (κ1) is 13.9. The molecule has 1 saturated carbocycles. The van der Waals surface area contributed by atoms with Crippen molar-refractivity contribution in [3.05, 3.63) is 34.9 Å². The third-order valence-electron chi connectivity index (χ3n) is 4.38. The van der Waals surface area contributed by atoms with E-state index in [1.165, 1.54) is 0 Å². The lowest BCUT2D eigenvalue weighted by molar-refractivity contribution is -0.137. The van der Waals surface area contributed by atoms with Gasteiger partial charge >= 0.3 is 0 Å². The Kier molecular flexibility index (Phi) is 3.99. The second kappa shape index (κ2) is 5.74. The second-order valence-electron chi connectivity index (χ2n) is 5.96. The van der Waals surface area contributed by atoms with E-state index in [2.05, 4.69) is 17.1 Å². The number of nitrogens with zero attached hydrogens (tertiary/aromatic N) is 1. The van der Waals surface area contributed by atoms with Gasteiger partial charge in [-0.15, -0.1) is 0 Å². The quantitative estimate of drug-likeness (QED) is 0.925. The van der Waals surface area contributed by atoms with E-state index in [1.54, 1.807) is 0 Å². The van der Waals surface area contributed by atoms with Crippen LogP contribution < -0.4 is 5.32 Å². The summed E-state index contributed by atoms with van der Waals surface area (Å²) < 4.78 is 0. The number of rotatable bonds is 4. The van der Waals surface area contributed by atoms with Gasteiger partial charge < -0.3 is 10.2 Å². The zero-order valence-corrected chi connectivity index (χ0v) is 12.6. The zero-order valence-electron chi connectivity index (χ0n) is 11.8. The Labute approximate surface area is 125 Å². The van der Waals surface area contributed by atoms with E-state index < -0.39 is 0 Å². The van der Waals surface area contributed by atoms with Crippen molar-refractivity contribution in [1.82, 2.24) is 10.2 Å². The molecule has 3 nitrogen and oxygen atoms in total. The van der Waals surface area contributed by atoms with Crippen LogP contribution in [0.25, 0.3) is 0 Å². The van der Waals surface area contributed by atoms with Crippen LogP contribution >= 0.6 is 11.6 Å². The first-order chi connectivity index (χ1) is 9.65. The molecule has 2 fully saturated rings. The smallest absolute Gasteiger partial charge is 0.227 e. The van der Waals surface area contributed by atoms with E-state index >= 15 is 0 Å². The van der Waals surface area contributed by atoms with Crippen LogP contribution in [0.15, 0.2) is 24.3 Å². The fourth-order valence-electron chi connectivity index (χ4n) is 2.97. The van der Waals surface area contributed by atoms with E-state index in [0.717, 1.165) is 36.4 Å². The fourth-order valence-corrected chi connectivity index (χ4v) is 3.09. The third kappa shape index (κ3) is 2.99. The Morgan fingerprint density at radius 3 is 2.55 bits per heavy atom. The number of carbonyl (C=O) groups is 1. The molecular weight excluding hydrogens is 272 g/mol. The number of benzene rings is 1. The molecule has 0 spiro atoms. The maximum Gasteiger partial charge on any atom is 0.227 e. The van der Waals surface area contributed by atoms with Crippen molar-refractivity contribution in [2.24, 2.45) is 5.92 Å². The van der Waals surface area contributed by atoms with Gasteiger partial charge in [-0.05, 0) is 50.4 Å². The summed E-state index contributed by atoms with van der Waals surface area (Å²) in [5, 5.41) is 4.11. The van der Waals surface area contributed by atoms with E-state index in [1.807, 2.05) is 24.3 Å². The number of halogens is 1. The number of nitrogens with one attached hydrogen (secondary N) is 1. The molecule has 4 heteroatoms. The van der Waals surface area contributed by atoms with E-state index in [9.17, 15) is 4.79 Å². The summed E-state index contributed by atoms with van der Waals surface area (Å²) in [5.74, 6) is 0.461. The summed E-state index contributed by atoms with van der Waals surface area (Å²) in [7, 11) is 0. The molecule has 20 heavy (non-hydrogen) atoms. The summed E-state index contributed by atoms with van der Waals surface area (Å²) >= 11 is 5.92. The van der Waals surface area contributed by atoms with Crippen LogP contribution in [-0.2, 0) is 11.3 Å². The van der Waals surface area contributed by atoms with Crippen molar-refractivity contribution in [3.63, 3.8) is 0 Å². The molecule has 108 valence electrons. The molecule has 1 aromatic carbocycles. The minimum absolute atomic E-state index is 0.142. The Hall–Kier alpha value is -1.06. The van der Waals surface area contributed by atoms with Crippen LogP contribution in [0.4, 0.5) is 0 Å². The molecule has 3 rings (SSSR count). The predicted molar refractivity (Wildman–Crippen MR) is 80.6 cm³/mol. The summed E-state index contributed by atoms with van der Waals surface area (Å²) in [6, 6.07) is 8.57. The molecule has 1 heterocycles. The van der Waals surface area contributed by atoms with Crippen LogP contribution in [0.2, 0.25) is 5.02 Å². The van der Waals surface area contributed by atoms with Crippen molar-refractivity contribution in [3.8, 4) is 0 Å². The Morgan fingerprint density at radius 2 is 2.00 bits per heavy atom. The second-order valence-corrected chi connectivity index (χ2v) is 6.40. The molecule has 0 radical (unpaired) electrons. The Morgan fingerprint density at radius 1 is 1.30 bits per heavy atom. The molecule has 2 atom stereocenters. The van der Waals surface area contributed by atoms with Crippen LogP contribution in [0, 0.1) is 5.92 Å². The number of amides is 1. The van der Waals surface area contributed by atoms with Gasteiger partial charge in [0.2, 0.25) is 5.91 Å². The first-order valence-electron chi connectivity index (χ1n) is 7.43. The van der Waals surface area contributed by atoms with Gasteiger partial charge in [-0.2, -0.15) is 0 Å². The molecule has 1 N–H and O–H groups in total. The molecule has 2 aliphatic rings. The topological polar surface area (TPSA) is 32.3 Å². The SMILES string of the molecule is CC1NCCC1C(=O)N(Cc1ccc(Cl)cc1)C1CC1. The highest BCUT2D eigenvalue weighted by atomic mass is 35.5. The van der Waals surface area contributed by atoms with E-state index in [-0.39, 0.29) is 5.92 Å². The standard InChI is InChI=1S/C16H21ClN2O/c1-11-15(8-9-18-11)16(20)19(14-6-7-14)10-12-2-4-13(17)5-3-12/h2-5,11,14-15,18H,6-10H2,1H3. The minimum Gasteiger partial charge on any atom is -0.335 e. The van der Waals surface area contributed by atoms with Crippen molar-refractivity contribution in [2.45, 2.75) is 44.8 Å². The monoisotopic (exact) mass is 292 g/mol. The lowest BCUT2D eigenvalue weighted by Gasteiger charge is -2.27. The van der Waals surface area contributed by atoms with Crippen LogP contribution in [0.5, 0.6) is 0 Å². The molecule has 1 aliphatic heterocycles. The molecule has 1 aliphatic carbocycles. The number of hydrogen-bond donors (Lipinski definition) is 1. The maximum atomic E-state index is 12.8. The van der Waals surface area contributed by atoms with Gasteiger partial charge in [0.1, 0.15) is 0 Å². The average molecular weight is 293 g/mol. The van der Waals surface area contributed by atoms with Gasteiger partial charge in [0.15, 0.2) is 0 Å². The van der Waals surface area contributed by atoms with Gasteiger partial charge in [0.05, 0.1) is 5.92 Å². The zero-order chi connectivity index (χ0) is 14.1. The Balaban J connectivity index is 1.72.